The standard InChI is InChI=1S/C13H14N4O4/c1-2-13(20)9(19)8(5-18)21-12(13)17-4-3-7-10(14)15-6-16-11(7)17/h1,3-4,6,8-9,12,18-20H,5H2,(H2,14,15,16)/t8-,9?,12-,13-/m1/s1. The summed E-state index contributed by atoms with van der Waals surface area (Å²) < 4.78 is 6.96. The summed E-state index contributed by atoms with van der Waals surface area (Å²) in [6, 6.07) is 1.66. The zero-order valence-electron chi connectivity index (χ0n) is 10.9. The number of aliphatic hydroxyl groups excluding tert-OH is 2. The summed E-state index contributed by atoms with van der Waals surface area (Å²) >= 11 is 0. The number of anilines is 1. The second-order valence-electron chi connectivity index (χ2n) is 4.84. The Morgan fingerprint density at radius 2 is 2.29 bits per heavy atom. The molecule has 21 heavy (non-hydrogen) atoms. The van der Waals surface area contributed by atoms with Crippen LogP contribution in [-0.2, 0) is 4.74 Å². The van der Waals surface area contributed by atoms with Gasteiger partial charge in [0.25, 0.3) is 0 Å². The number of hydrogen-bond acceptors (Lipinski definition) is 7. The highest BCUT2D eigenvalue weighted by Crippen LogP contribution is 2.39. The van der Waals surface area contributed by atoms with Crippen molar-refractivity contribution in [1.29, 1.82) is 0 Å². The third-order valence-electron chi connectivity index (χ3n) is 3.69. The van der Waals surface area contributed by atoms with E-state index in [-0.39, 0.29) is 5.82 Å². The number of rotatable bonds is 2. The van der Waals surface area contributed by atoms with E-state index in [1.807, 2.05) is 0 Å². The lowest BCUT2D eigenvalue weighted by Gasteiger charge is -2.26. The van der Waals surface area contributed by atoms with E-state index in [0.29, 0.717) is 11.0 Å². The van der Waals surface area contributed by atoms with Crippen molar-refractivity contribution in [2.24, 2.45) is 0 Å². The minimum Gasteiger partial charge on any atom is -0.394 e. The fraction of sp³-hybridized carbons (Fsp3) is 0.385. The Kier molecular flexibility index (Phi) is 3.07. The molecule has 0 spiro atoms. The zero-order chi connectivity index (χ0) is 15.2. The van der Waals surface area contributed by atoms with Crippen molar-refractivity contribution in [3.05, 3.63) is 18.6 Å². The summed E-state index contributed by atoms with van der Waals surface area (Å²) in [6.07, 6.45) is 4.70. The smallest absolute Gasteiger partial charge is 0.199 e. The first-order valence-electron chi connectivity index (χ1n) is 6.24. The van der Waals surface area contributed by atoms with Crippen LogP contribution in [-0.4, -0.2) is 54.3 Å². The number of nitrogens with zero attached hydrogens (tertiary/aromatic N) is 3. The zero-order valence-corrected chi connectivity index (χ0v) is 10.9. The Balaban J connectivity index is 2.14. The van der Waals surface area contributed by atoms with Gasteiger partial charge in [0.15, 0.2) is 11.8 Å². The predicted octanol–water partition coefficient (Wildman–Crippen LogP) is -1.37. The van der Waals surface area contributed by atoms with Gasteiger partial charge in [0.1, 0.15) is 30.0 Å². The largest absolute Gasteiger partial charge is 0.394 e. The van der Waals surface area contributed by atoms with Gasteiger partial charge in [-0.15, -0.1) is 6.42 Å². The number of hydrogen-bond donors (Lipinski definition) is 4. The Morgan fingerprint density at radius 1 is 1.52 bits per heavy atom. The maximum atomic E-state index is 10.5. The van der Waals surface area contributed by atoms with Crippen LogP contribution >= 0.6 is 0 Å². The topological polar surface area (TPSA) is 127 Å². The molecule has 1 aliphatic rings. The fourth-order valence-corrected chi connectivity index (χ4v) is 2.53. The number of aliphatic hydroxyl groups is 3. The van der Waals surface area contributed by atoms with Gasteiger partial charge in [-0.25, -0.2) is 9.97 Å². The average molecular weight is 290 g/mol. The first-order chi connectivity index (χ1) is 10.0. The van der Waals surface area contributed by atoms with Crippen LogP contribution in [0, 0.1) is 12.3 Å². The number of aromatic nitrogens is 3. The summed E-state index contributed by atoms with van der Waals surface area (Å²) in [5.74, 6) is 2.42. The molecule has 5 N–H and O–H groups in total. The minimum absolute atomic E-state index is 0.278. The molecule has 1 fully saturated rings. The molecule has 0 bridgehead atoms. The highest BCUT2D eigenvalue weighted by Gasteiger charge is 2.55. The number of nitrogen functional groups attached to an aromatic ring is 1. The van der Waals surface area contributed by atoms with Gasteiger partial charge in [-0.1, -0.05) is 5.92 Å². The molecule has 2 aromatic rings. The fourth-order valence-electron chi connectivity index (χ4n) is 2.53. The van der Waals surface area contributed by atoms with Crippen molar-refractivity contribution >= 4 is 16.9 Å². The SMILES string of the molecule is C#C[C@@]1(O)C(O)[C@@H](CO)O[C@H]1n1ccc2c(N)ncnc21. The lowest BCUT2D eigenvalue weighted by atomic mass is 9.95. The van der Waals surface area contributed by atoms with Crippen LogP contribution < -0.4 is 5.73 Å². The van der Waals surface area contributed by atoms with E-state index >= 15 is 0 Å². The number of ether oxygens (including phenoxy) is 1. The maximum Gasteiger partial charge on any atom is 0.199 e. The molecule has 3 rings (SSSR count). The van der Waals surface area contributed by atoms with E-state index < -0.39 is 30.6 Å². The Hall–Kier alpha value is -2.18. The summed E-state index contributed by atoms with van der Waals surface area (Å²) in [6.45, 7) is -0.474. The first kappa shape index (κ1) is 13.8. The number of fused-ring (bicyclic) bond motifs is 1. The van der Waals surface area contributed by atoms with Gasteiger partial charge in [-0.3, -0.25) is 0 Å². The van der Waals surface area contributed by atoms with Gasteiger partial charge in [0, 0.05) is 6.20 Å². The second kappa shape index (κ2) is 4.68. The molecule has 1 unspecified atom stereocenters. The highest BCUT2D eigenvalue weighted by molar-refractivity contribution is 5.86. The Bertz CT molecular complexity index is 725. The van der Waals surface area contributed by atoms with Crippen molar-refractivity contribution in [2.45, 2.75) is 24.0 Å². The molecule has 4 atom stereocenters. The molecule has 0 amide bonds. The minimum atomic E-state index is -1.99. The van der Waals surface area contributed by atoms with E-state index in [1.165, 1.54) is 10.9 Å². The van der Waals surface area contributed by atoms with Crippen LogP contribution in [0.5, 0.6) is 0 Å². The Morgan fingerprint density at radius 3 is 2.95 bits per heavy atom. The van der Waals surface area contributed by atoms with Crippen LogP contribution in [0.3, 0.4) is 0 Å². The van der Waals surface area contributed by atoms with Crippen molar-refractivity contribution in [3.63, 3.8) is 0 Å². The van der Waals surface area contributed by atoms with E-state index in [0.717, 1.165) is 0 Å². The molecule has 0 radical (unpaired) electrons. The molecule has 1 aliphatic heterocycles. The van der Waals surface area contributed by atoms with Gasteiger partial charge in [0.2, 0.25) is 0 Å². The van der Waals surface area contributed by atoms with Gasteiger partial charge in [-0.2, -0.15) is 0 Å². The molecule has 110 valence electrons. The van der Waals surface area contributed by atoms with Crippen LogP contribution in [0.15, 0.2) is 18.6 Å². The maximum absolute atomic E-state index is 10.5. The molecule has 8 heteroatoms. The molecule has 8 nitrogen and oxygen atoms in total. The van der Waals surface area contributed by atoms with Gasteiger partial charge < -0.3 is 30.4 Å². The molecule has 1 saturated heterocycles. The molecule has 3 heterocycles. The lowest BCUT2D eigenvalue weighted by Crippen LogP contribution is -2.45. The lowest BCUT2D eigenvalue weighted by molar-refractivity contribution is -0.0718. The third kappa shape index (κ3) is 1.80. The predicted molar refractivity (Wildman–Crippen MR) is 72.7 cm³/mol. The normalized spacial score (nSPS) is 32.4. The van der Waals surface area contributed by atoms with Gasteiger partial charge in [0.05, 0.1) is 12.0 Å². The van der Waals surface area contributed by atoms with Gasteiger partial charge in [-0.05, 0) is 6.07 Å². The monoisotopic (exact) mass is 290 g/mol. The number of terminal acetylenes is 1. The van der Waals surface area contributed by atoms with Crippen molar-refractivity contribution in [3.8, 4) is 12.3 Å². The summed E-state index contributed by atoms with van der Waals surface area (Å²) in [7, 11) is 0. The van der Waals surface area contributed by atoms with Crippen LogP contribution in [0.2, 0.25) is 0 Å². The highest BCUT2D eigenvalue weighted by atomic mass is 16.6. The van der Waals surface area contributed by atoms with Crippen LogP contribution in [0.4, 0.5) is 5.82 Å². The third-order valence-corrected chi connectivity index (χ3v) is 3.69. The summed E-state index contributed by atoms with van der Waals surface area (Å²) in [4.78, 5) is 7.96. The van der Waals surface area contributed by atoms with Crippen LogP contribution in [0.25, 0.3) is 11.0 Å². The van der Waals surface area contributed by atoms with Crippen molar-refractivity contribution in [1.82, 2.24) is 14.5 Å². The molecular formula is C13H14N4O4. The second-order valence-corrected chi connectivity index (χ2v) is 4.84. The number of nitrogens with two attached hydrogens (primary N) is 1. The summed E-state index contributed by atoms with van der Waals surface area (Å²) in [5, 5.41) is 30.4. The van der Waals surface area contributed by atoms with Crippen molar-refractivity contribution in [2.75, 3.05) is 12.3 Å². The summed E-state index contributed by atoms with van der Waals surface area (Å²) in [5.41, 5.74) is 4.17. The molecular weight excluding hydrogens is 276 g/mol. The van der Waals surface area contributed by atoms with E-state index in [9.17, 15) is 15.3 Å². The molecule has 0 aliphatic carbocycles. The van der Waals surface area contributed by atoms with E-state index in [4.69, 9.17) is 16.9 Å². The molecule has 0 aromatic carbocycles. The van der Waals surface area contributed by atoms with E-state index in [1.54, 1.807) is 12.3 Å². The molecule has 0 saturated carbocycles. The quantitative estimate of drug-likeness (QED) is 0.502. The van der Waals surface area contributed by atoms with Gasteiger partial charge >= 0.3 is 0 Å². The van der Waals surface area contributed by atoms with Crippen LogP contribution in [0.1, 0.15) is 6.23 Å². The average Bonchev–Trinajstić information content (AvgIpc) is 3.01. The van der Waals surface area contributed by atoms with Crippen molar-refractivity contribution < 1.29 is 20.1 Å². The van der Waals surface area contributed by atoms with E-state index in [2.05, 4.69) is 15.9 Å². The first-order valence-corrected chi connectivity index (χ1v) is 6.24. The molecule has 2 aromatic heterocycles. The Labute approximate surface area is 119 Å².